The van der Waals surface area contributed by atoms with Crippen LogP contribution in [0.3, 0.4) is 0 Å². The molecule has 1 aliphatic rings. The lowest BCUT2D eigenvalue weighted by atomic mass is 10.2. The van der Waals surface area contributed by atoms with Crippen LogP contribution in [0.1, 0.15) is 24.1 Å². The standard InChI is InChI=1S/C26H24N8O/c1-19-22(25(31-14-8-9-15-31)34(30-19)21-12-6-3-7-13-21)16-28-32-18-27-24-23(26(32)35)17-29-33(24)20-10-4-2-5-11-20/h2-7,10-13,16-18H,8-9,14-15H2,1H3/b28-16-. The Hall–Kier alpha value is -4.53. The second-order valence-corrected chi connectivity index (χ2v) is 8.53. The molecule has 0 bridgehead atoms. The number of para-hydroxylation sites is 2. The molecule has 0 atom stereocenters. The van der Waals surface area contributed by atoms with Gasteiger partial charge >= 0.3 is 0 Å². The third kappa shape index (κ3) is 3.71. The molecular weight excluding hydrogens is 440 g/mol. The van der Waals surface area contributed by atoms with Gasteiger partial charge in [-0.3, -0.25) is 4.79 Å². The number of aryl methyl sites for hydroxylation is 1. The van der Waals surface area contributed by atoms with E-state index in [-0.39, 0.29) is 5.56 Å². The Bertz CT molecular complexity index is 1570. The van der Waals surface area contributed by atoms with Gasteiger partial charge in [-0.25, -0.2) is 14.3 Å². The SMILES string of the molecule is Cc1nn(-c2ccccc2)c(N2CCCC2)c1/C=N\n1cnc2c(cnn2-c2ccccc2)c1=O. The molecule has 35 heavy (non-hydrogen) atoms. The van der Waals surface area contributed by atoms with Crippen LogP contribution in [0.4, 0.5) is 5.82 Å². The molecule has 0 spiro atoms. The van der Waals surface area contributed by atoms with Crippen molar-refractivity contribution < 1.29 is 0 Å². The molecule has 0 radical (unpaired) electrons. The minimum atomic E-state index is -0.274. The predicted octanol–water partition coefficient (Wildman–Crippen LogP) is 3.56. The third-order valence-corrected chi connectivity index (χ3v) is 6.27. The van der Waals surface area contributed by atoms with E-state index in [9.17, 15) is 4.79 Å². The maximum absolute atomic E-state index is 13.2. The van der Waals surface area contributed by atoms with Crippen molar-refractivity contribution in [3.8, 4) is 11.4 Å². The fourth-order valence-corrected chi connectivity index (χ4v) is 4.52. The Morgan fingerprint density at radius 1 is 0.914 bits per heavy atom. The minimum Gasteiger partial charge on any atom is -0.356 e. The highest BCUT2D eigenvalue weighted by Gasteiger charge is 2.23. The van der Waals surface area contributed by atoms with Crippen LogP contribution in [0.2, 0.25) is 0 Å². The summed E-state index contributed by atoms with van der Waals surface area (Å²) in [6.07, 6.45) is 6.97. The van der Waals surface area contributed by atoms with Crippen LogP contribution in [0.25, 0.3) is 22.4 Å². The van der Waals surface area contributed by atoms with Gasteiger partial charge in [0, 0.05) is 13.1 Å². The molecule has 0 unspecified atom stereocenters. The fraction of sp³-hybridized carbons (Fsp3) is 0.192. The molecular formula is C26H24N8O. The van der Waals surface area contributed by atoms with E-state index in [1.165, 1.54) is 17.2 Å². The van der Waals surface area contributed by atoms with Crippen molar-refractivity contribution in [2.75, 3.05) is 18.0 Å². The van der Waals surface area contributed by atoms with E-state index >= 15 is 0 Å². The van der Waals surface area contributed by atoms with Crippen molar-refractivity contribution in [1.29, 1.82) is 0 Å². The summed E-state index contributed by atoms with van der Waals surface area (Å²) in [4.78, 5) is 20.0. The maximum atomic E-state index is 13.2. The quantitative estimate of drug-likeness (QED) is 0.371. The van der Waals surface area contributed by atoms with Crippen molar-refractivity contribution in [3.63, 3.8) is 0 Å². The Labute approximate surface area is 201 Å². The van der Waals surface area contributed by atoms with Crippen molar-refractivity contribution in [2.24, 2.45) is 5.10 Å². The Balaban J connectivity index is 1.42. The lowest BCUT2D eigenvalue weighted by Crippen LogP contribution is -2.22. The summed E-state index contributed by atoms with van der Waals surface area (Å²) in [6, 6.07) is 19.7. The Kier molecular flexibility index (Phi) is 5.21. The Morgan fingerprint density at radius 2 is 1.57 bits per heavy atom. The number of benzene rings is 2. The van der Waals surface area contributed by atoms with Crippen LogP contribution < -0.4 is 10.5 Å². The van der Waals surface area contributed by atoms with Crippen molar-refractivity contribution >= 4 is 23.1 Å². The molecule has 174 valence electrons. The van der Waals surface area contributed by atoms with Gasteiger partial charge in [0.25, 0.3) is 5.56 Å². The number of rotatable bonds is 5. The lowest BCUT2D eigenvalue weighted by molar-refractivity contribution is 0.808. The predicted molar refractivity (Wildman–Crippen MR) is 136 cm³/mol. The van der Waals surface area contributed by atoms with E-state index in [4.69, 9.17) is 5.10 Å². The average Bonchev–Trinajstić information content (AvgIpc) is 3.64. The summed E-state index contributed by atoms with van der Waals surface area (Å²) in [5, 5.41) is 14.1. The first-order valence-corrected chi connectivity index (χ1v) is 11.7. The number of anilines is 1. The van der Waals surface area contributed by atoms with Crippen LogP contribution >= 0.6 is 0 Å². The minimum absolute atomic E-state index is 0.274. The van der Waals surface area contributed by atoms with Crippen molar-refractivity contribution in [1.82, 2.24) is 29.2 Å². The monoisotopic (exact) mass is 464 g/mol. The normalized spacial score (nSPS) is 13.9. The third-order valence-electron chi connectivity index (χ3n) is 6.27. The number of aromatic nitrogens is 6. The largest absolute Gasteiger partial charge is 0.356 e. The van der Waals surface area contributed by atoms with Gasteiger partial charge in [-0.2, -0.15) is 20.0 Å². The van der Waals surface area contributed by atoms with E-state index in [1.807, 2.05) is 72.3 Å². The highest BCUT2D eigenvalue weighted by atomic mass is 16.1. The van der Waals surface area contributed by atoms with Gasteiger partial charge in [-0.05, 0) is 44.0 Å². The summed E-state index contributed by atoms with van der Waals surface area (Å²) in [6.45, 7) is 3.89. The second-order valence-electron chi connectivity index (χ2n) is 8.53. The molecule has 0 N–H and O–H groups in total. The van der Waals surface area contributed by atoms with Crippen LogP contribution in [0.5, 0.6) is 0 Å². The zero-order valence-electron chi connectivity index (χ0n) is 19.3. The Morgan fingerprint density at radius 3 is 2.26 bits per heavy atom. The van der Waals surface area contributed by atoms with Gasteiger partial charge in [0.2, 0.25) is 0 Å². The number of nitrogens with zero attached hydrogens (tertiary/aromatic N) is 8. The average molecular weight is 465 g/mol. The summed E-state index contributed by atoms with van der Waals surface area (Å²) < 4.78 is 4.88. The molecule has 5 aromatic rings. The topological polar surface area (TPSA) is 86.1 Å². The molecule has 1 fully saturated rings. The van der Waals surface area contributed by atoms with Gasteiger partial charge in [0.15, 0.2) is 5.65 Å². The molecule has 0 aliphatic carbocycles. The summed E-state index contributed by atoms with van der Waals surface area (Å²) in [5.41, 5.74) is 3.80. The highest BCUT2D eigenvalue weighted by Crippen LogP contribution is 2.29. The zero-order valence-corrected chi connectivity index (χ0v) is 19.3. The van der Waals surface area contributed by atoms with E-state index in [2.05, 4.69) is 20.1 Å². The van der Waals surface area contributed by atoms with Crippen LogP contribution in [-0.2, 0) is 0 Å². The molecule has 4 heterocycles. The number of hydrogen-bond donors (Lipinski definition) is 0. The summed E-state index contributed by atoms with van der Waals surface area (Å²) >= 11 is 0. The maximum Gasteiger partial charge on any atom is 0.285 e. The fourth-order valence-electron chi connectivity index (χ4n) is 4.52. The first-order valence-electron chi connectivity index (χ1n) is 11.7. The molecule has 0 amide bonds. The van der Waals surface area contributed by atoms with Crippen LogP contribution in [-0.4, -0.2) is 48.5 Å². The molecule has 6 rings (SSSR count). The second kappa shape index (κ2) is 8.68. The molecule has 1 saturated heterocycles. The zero-order chi connectivity index (χ0) is 23.8. The van der Waals surface area contributed by atoms with Crippen LogP contribution in [0.15, 0.2) is 83.1 Å². The number of hydrogen-bond acceptors (Lipinski definition) is 6. The van der Waals surface area contributed by atoms with Gasteiger partial charge < -0.3 is 4.90 Å². The van der Waals surface area contributed by atoms with Crippen LogP contribution in [0, 0.1) is 6.92 Å². The van der Waals surface area contributed by atoms with Gasteiger partial charge in [0.05, 0.1) is 35.0 Å². The molecule has 0 saturated carbocycles. The summed E-state index contributed by atoms with van der Waals surface area (Å²) in [7, 11) is 0. The van der Waals surface area contributed by atoms with Gasteiger partial charge in [0.1, 0.15) is 17.5 Å². The lowest BCUT2D eigenvalue weighted by Gasteiger charge is -2.20. The molecule has 3 aromatic heterocycles. The van der Waals surface area contributed by atoms with Gasteiger partial charge in [-0.1, -0.05) is 36.4 Å². The van der Waals surface area contributed by atoms with Crippen molar-refractivity contribution in [2.45, 2.75) is 19.8 Å². The van der Waals surface area contributed by atoms with E-state index in [1.54, 1.807) is 10.9 Å². The highest BCUT2D eigenvalue weighted by molar-refractivity contribution is 5.89. The molecule has 9 nitrogen and oxygen atoms in total. The molecule has 2 aromatic carbocycles. The first kappa shape index (κ1) is 21.0. The number of fused-ring (bicyclic) bond motifs is 1. The van der Waals surface area contributed by atoms with E-state index in [0.717, 1.165) is 54.4 Å². The smallest absolute Gasteiger partial charge is 0.285 e. The first-order chi connectivity index (χ1) is 17.2. The van der Waals surface area contributed by atoms with Gasteiger partial charge in [-0.15, -0.1) is 0 Å². The van der Waals surface area contributed by atoms with Crippen molar-refractivity contribution in [3.05, 3.63) is 94.8 Å². The molecule has 1 aliphatic heterocycles. The molecule has 9 heteroatoms. The van der Waals surface area contributed by atoms with E-state index in [0.29, 0.717) is 11.0 Å². The summed E-state index contributed by atoms with van der Waals surface area (Å²) in [5.74, 6) is 0.994. The van der Waals surface area contributed by atoms with E-state index < -0.39 is 0 Å².